The molecule has 3 aromatic rings. The number of hydrogen-bond acceptors (Lipinski definition) is 5. The molecule has 0 bridgehead atoms. The summed E-state index contributed by atoms with van der Waals surface area (Å²) in [6, 6.07) is 23.9. The van der Waals surface area contributed by atoms with Crippen molar-refractivity contribution in [2.24, 2.45) is 0 Å². The third-order valence-corrected chi connectivity index (χ3v) is 7.67. The number of nitrogens with zero attached hydrogens (tertiary/aromatic N) is 1. The average Bonchev–Trinajstić information content (AvgIpc) is 2.88. The molecule has 0 spiro atoms. The van der Waals surface area contributed by atoms with Crippen molar-refractivity contribution in [3.05, 3.63) is 112 Å². The van der Waals surface area contributed by atoms with Gasteiger partial charge < -0.3 is 10.6 Å². The molecular formula is C30H29N3O2S. The van der Waals surface area contributed by atoms with Gasteiger partial charge in [0.15, 0.2) is 5.78 Å². The van der Waals surface area contributed by atoms with Crippen LogP contribution in [0.2, 0.25) is 0 Å². The molecule has 2 N–H and O–H groups in total. The smallest absolute Gasteiger partial charge is 0.255 e. The van der Waals surface area contributed by atoms with Crippen LogP contribution < -0.4 is 10.6 Å². The zero-order valence-electron chi connectivity index (χ0n) is 20.7. The van der Waals surface area contributed by atoms with Gasteiger partial charge in [0.1, 0.15) is 5.82 Å². The number of thioether (sulfide) groups is 1. The second kappa shape index (κ2) is 10.2. The van der Waals surface area contributed by atoms with Gasteiger partial charge in [-0.15, -0.1) is 11.8 Å². The normalized spacial score (nSPS) is 19.6. The van der Waals surface area contributed by atoms with E-state index in [0.29, 0.717) is 23.4 Å². The lowest BCUT2D eigenvalue weighted by Gasteiger charge is -2.37. The van der Waals surface area contributed by atoms with Crippen LogP contribution in [0.1, 0.15) is 48.4 Å². The van der Waals surface area contributed by atoms with Gasteiger partial charge in [0.2, 0.25) is 0 Å². The van der Waals surface area contributed by atoms with Gasteiger partial charge in [0.05, 0.1) is 0 Å². The molecule has 2 aromatic carbocycles. The molecule has 0 saturated heterocycles. The van der Waals surface area contributed by atoms with Crippen LogP contribution in [-0.2, 0) is 9.59 Å². The van der Waals surface area contributed by atoms with E-state index in [9.17, 15) is 9.59 Å². The van der Waals surface area contributed by atoms with Gasteiger partial charge in [0.25, 0.3) is 5.91 Å². The molecule has 0 unspecified atom stereocenters. The number of carbonyl (C=O) groups is 2. The first-order valence-corrected chi connectivity index (χ1v) is 13.3. The van der Waals surface area contributed by atoms with Crippen LogP contribution in [0, 0.1) is 6.92 Å². The molecule has 0 fully saturated rings. The maximum absolute atomic E-state index is 13.7. The van der Waals surface area contributed by atoms with Gasteiger partial charge in [-0.3, -0.25) is 9.59 Å². The number of benzene rings is 2. The topological polar surface area (TPSA) is 71.1 Å². The van der Waals surface area contributed by atoms with E-state index < -0.39 is 5.92 Å². The van der Waals surface area contributed by atoms with Crippen LogP contribution in [0.5, 0.6) is 0 Å². The number of allylic oxidation sites excluding steroid dienone is 3. The second-order valence-electron chi connectivity index (χ2n) is 9.32. The summed E-state index contributed by atoms with van der Waals surface area (Å²) < 4.78 is 0. The van der Waals surface area contributed by atoms with Gasteiger partial charge in [0, 0.05) is 45.5 Å². The molecule has 1 aliphatic carbocycles. The summed E-state index contributed by atoms with van der Waals surface area (Å²) in [5, 5.41) is 6.42. The van der Waals surface area contributed by atoms with Crippen molar-refractivity contribution in [3.63, 3.8) is 0 Å². The number of amides is 1. The number of aryl methyl sites for hydroxylation is 1. The third-order valence-electron chi connectivity index (χ3n) is 6.92. The minimum absolute atomic E-state index is 0.0861. The predicted molar refractivity (Wildman–Crippen MR) is 145 cm³/mol. The van der Waals surface area contributed by atoms with E-state index >= 15 is 0 Å². The van der Waals surface area contributed by atoms with Gasteiger partial charge in [-0.25, -0.2) is 4.98 Å². The van der Waals surface area contributed by atoms with E-state index in [1.54, 1.807) is 17.8 Å². The van der Waals surface area contributed by atoms with Crippen molar-refractivity contribution in [2.75, 3.05) is 11.6 Å². The lowest BCUT2D eigenvalue weighted by Crippen LogP contribution is -2.37. The highest BCUT2D eigenvalue weighted by atomic mass is 32.2. The van der Waals surface area contributed by atoms with E-state index in [1.165, 1.54) is 0 Å². The van der Waals surface area contributed by atoms with Gasteiger partial charge >= 0.3 is 0 Å². The number of carbonyl (C=O) groups excluding carboxylic acids is 2. The summed E-state index contributed by atoms with van der Waals surface area (Å²) in [5.74, 6) is 0.00981. The molecule has 36 heavy (non-hydrogen) atoms. The number of Topliss-reactive ketones (excluding diaryl/α,β-unsaturated/α-hetero) is 1. The van der Waals surface area contributed by atoms with Crippen LogP contribution >= 0.6 is 11.8 Å². The SMILES string of the molecule is CSc1ccc([C@@H]2C(C(=O)Nc3cccc(C)n3)=C(C)NC3=C2C(=O)C[C@H](c2ccccc2)C3)cc1. The zero-order chi connectivity index (χ0) is 25.2. The molecule has 1 aromatic heterocycles. The molecule has 5 rings (SSSR count). The van der Waals surface area contributed by atoms with Gasteiger partial charge in [-0.2, -0.15) is 0 Å². The lowest BCUT2D eigenvalue weighted by molar-refractivity contribution is -0.116. The van der Waals surface area contributed by atoms with Crippen LogP contribution in [0.4, 0.5) is 5.82 Å². The zero-order valence-corrected chi connectivity index (χ0v) is 21.5. The Morgan fingerprint density at radius 2 is 1.69 bits per heavy atom. The summed E-state index contributed by atoms with van der Waals surface area (Å²) >= 11 is 1.67. The predicted octanol–water partition coefficient (Wildman–Crippen LogP) is 6.11. The summed E-state index contributed by atoms with van der Waals surface area (Å²) in [7, 11) is 0. The Morgan fingerprint density at radius 1 is 0.944 bits per heavy atom. The van der Waals surface area contributed by atoms with E-state index in [1.807, 2.05) is 62.6 Å². The first-order chi connectivity index (χ1) is 17.4. The van der Waals surface area contributed by atoms with Crippen molar-refractivity contribution in [1.29, 1.82) is 0 Å². The van der Waals surface area contributed by atoms with Crippen LogP contribution in [0.15, 0.2) is 100 Å². The molecule has 2 atom stereocenters. The molecule has 0 saturated carbocycles. The van der Waals surface area contributed by atoms with Crippen molar-refractivity contribution in [3.8, 4) is 0 Å². The number of anilines is 1. The summed E-state index contributed by atoms with van der Waals surface area (Å²) in [6.07, 6.45) is 3.19. The van der Waals surface area contributed by atoms with Crippen molar-refractivity contribution >= 4 is 29.3 Å². The lowest BCUT2D eigenvalue weighted by atomic mass is 9.71. The molecule has 2 aliphatic rings. The van der Waals surface area contributed by atoms with Gasteiger partial charge in [-0.1, -0.05) is 48.5 Å². The van der Waals surface area contributed by atoms with E-state index in [4.69, 9.17) is 0 Å². The number of ketones is 1. The Balaban J connectivity index is 1.56. The fourth-order valence-electron chi connectivity index (χ4n) is 5.23. The summed E-state index contributed by atoms with van der Waals surface area (Å²) in [6.45, 7) is 3.81. The van der Waals surface area contributed by atoms with Crippen molar-refractivity contribution in [1.82, 2.24) is 10.3 Å². The average molecular weight is 496 g/mol. The van der Waals surface area contributed by atoms with Crippen molar-refractivity contribution in [2.45, 2.75) is 43.4 Å². The Hall–Kier alpha value is -3.64. The Bertz CT molecular complexity index is 1380. The van der Waals surface area contributed by atoms with E-state index in [0.717, 1.165) is 39.5 Å². The Kier molecular flexibility index (Phi) is 6.79. The highest BCUT2D eigenvalue weighted by molar-refractivity contribution is 7.98. The maximum Gasteiger partial charge on any atom is 0.255 e. The number of dihydropyridines is 1. The molecular weight excluding hydrogens is 466 g/mol. The highest BCUT2D eigenvalue weighted by Gasteiger charge is 2.40. The standard InChI is InChI=1S/C30H29N3O2S/c1-18-8-7-11-26(31-18)33-30(35)27-19(2)32-24-16-22(20-9-5-4-6-10-20)17-25(34)29(24)28(27)21-12-14-23(36-3)15-13-21/h4-15,22,28,32H,16-17H2,1-3H3,(H,31,33,35)/t22-,28-/m1/s1. The van der Waals surface area contributed by atoms with Crippen LogP contribution in [0.25, 0.3) is 0 Å². The first kappa shape index (κ1) is 24.1. The number of aromatic nitrogens is 1. The summed E-state index contributed by atoms with van der Waals surface area (Å²) in [4.78, 5) is 33.0. The summed E-state index contributed by atoms with van der Waals surface area (Å²) in [5.41, 5.74) is 5.86. The van der Waals surface area contributed by atoms with Crippen LogP contribution in [0.3, 0.4) is 0 Å². The quantitative estimate of drug-likeness (QED) is 0.418. The number of rotatable bonds is 5. The van der Waals surface area contributed by atoms with Crippen molar-refractivity contribution < 1.29 is 9.59 Å². The number of hydrogen-bond donors (Lipinski definition) is 2. The van der Waals surface area contributed by atoms with E-state index in [-0.39, 0.29) is 17.6 Å². The monoisotopic (exact) mass is 495 g/mol. The second-order valence-corrected chi connectivity index (χ2v) is 10.2. The van der Waals surface area contributed by atoms with Gasteiger partial charge in [-0.05, 0) is 67.8 Å². The number of pyridine rings is 1. The molecule has 182 valence electrons. The minimum Gasteiger partial charge on any atom is -0.362 e. The van der Waals surface area contributed by atoms with E-state index in [2.05, 4.69) is 39.9 Å². The molecule has 1 aliphatic heterocycles. The Labute approximate surface area is 216 Å². The largest absolute Gasteiger partial charge is 0.362 e. The molecule has 0 radical (unpaired) electrons. The minimum atomic E-state index is -0.439. The molecule has 2 heterocycles. The fourth-order valence-corrected chi connectivity index (χ4v) is 5.64. The number of nitrogens with one attached hydrogen (secondary N) is 2. The fraction of sp³-hybridized carbons (Fsp3) is 0.233. The molecule has 1 amide bonds. The molecule has 6 heteroatoms. The maximum atomic E-state index is 13.7. The highest BCUT2D eigenvalue weighted by Crippen LogP contribution is 2.45. The third kappa shape index (κ3) is 4.73. The Morgan fingerprint density at radius 3 is 2.39 bits per heavy atom. The first-order valence-electron chi connectivity index (χ1n) is 12.1. The molecule has 5 nitrogen and oxygen atoms in total. The van der Waals surface area contributed by atoms with Crippen LogP contribution in [-0.4, -0.2) is 22.9 Å².